The van der Waals surface area contributed by atoms with Gasteiger partial charge in [-0.15, -0.1) is 10.2 Å². The summed E-state index contributed by atoms with van der Waals surface area (Å²) < 4.78 is 62.2. The molecule has 166 valence electrons. The standard InChI is InChI=1S/C18H19F2N5O4S2/c19-17(20)29-13-5-3-12(4-6-13)16-22-23-18(25(16)21)30-11-14-7-8-15(28-14)31(26,27)24-9-1-2-10-24/h3-8,17H,1-2,9-11,21H2. The Balaban J connectivity index is 1.42. The predicted molar refractivity (Wildman–Crippen MR) is 109 cm³/mol. The quantitative estimate of drug-likeness (QED) is 0.394. The third kappa shape index (κ3) is 4.67. The second-order valence-electron chi connectivity index (χ2n) is 6.70. The summed E-state index contributed by atoms with van der Waals surface area (Å²) in [5, 5.41) is 8.36. The average molecular weight is 472 g/mol. The highest BCUT2D eigenvalue weighted by molar-refractivity contribution is 7.98. The van der Waals surface area contributed by atoms with Crippen molar-refractivity contribution >= 4 is 21.8 Å². The number of aromatic nitrogens is 3. The van der Waals surface area contributed by atoms with E-state index in [0.29, 0.717) is 41.1 Å². The zero-order valence-electron chi connectivity index (χ0n) is 16.1. The molecule has 0 amide bonds. The zero-order valence-corrected chi connectivity index (χ0v) is 17.8. The molecule has 1 aromatic carbocycles. The van der Waals surface area contributed by atoms with Crippen LogP contribution in [0.2, 0.25) is 0 Å². The van der Waals surface area contributed by atoms with Crippen molar-refractivity contribution in [2.45, 2.75) is 35.5 Å². The van der Waals surface area contributed by atoms with Crippen LogP contribution in [0.3, 0.4) is 0 Å². The maximum atomic E-state index is 12.5. The Morgan fingerprint density at radius 1 is 1.13 bits per heavy atom. The Labute approximate surface area is 181 Å². The van der Waals surface area contributed by atoms with E-state index in [1.807, 2.05) is 0 Å². The molecule has 1 saturated heterocycles. The molecule has 0 radical (unpaired) electrons. The lowest BCUT2D eigenvalue weighted by molar-refractivity contribution is -0.0498. The van der Waals surface area contributed by atoms with E-state index in [2.05, 4.69) is 14.9 Å². The maximum absolute atomic E-state index is 12.5. The first-order valence-electron chi connectivity index (χ1n) is 9.32. The third-order valence-corrected chi connectivity index (χ3v) is 7.38. The van der Waals surface area contributed by atoms with Gasteiger partial charge >= 0.3 is 6.61 Å². The second-order valence-corrected chi connectivity index (χ2v) is 9.51. The molecule has 1 fully saturated rings. The molecule has 13 heteroatoms. The molecule has 0 bridgehead atoms. The summed E-state index contributed by atoms with van der Waals surface area (Å²) in [5.74, 6) is 7.18. The molecule has 3 heterocycles. The molecular weight excluding hydrogens is 452 g/mol. The van der Waals surface area contributed by atoms with Crippen LogP contribution in [0.1, 0.15) is 18.6 Å². The molecule has 3 aromatic rings. The van der Waals surface area contributed by atoms with Crippen LogP contribution in [0.15, 0.2) is 51.1 Å². The van der Waals surface area contributed by atoms with Crippen molar-refractivity contribution in [3.05, 3.63) is 42.2 Å². The van der Waals surface area contributed by atoms with Gasteiger partial charge in [-0.05, 0) is 49.2 Å². The minimum Gasteiger partial charge on any atom is -0.447 e. The molecular formula is C18H19F2N5O4S2. The summed E-state index contributed by atoms with van der Waals surface area (Å²) in [7, 11) is -3.61. The second kappa shape index (κ2) is 8.85. The van der Waals surface area contributed by atoms with Crippen molar-refractivity contribution in [1.29, 1.82) is 0 Å². The number of nitrogens with two attached hydrogens (primary N) is 1. The summed E-state index contributed by atoms with van der Waals surface area (Å²) in [5.41, 5.74) is 0.570. The number of nitrogens with zero attached hydrogens (tertiary/aromatic N) is 4. The van der Waals surface area contributed by atoms with E-state index in [0.717, 1.165) is 12.8 Å². The fraction of sp³-hybridized carbons (Fsp3) is 0.333. The maximum Gasteiger partial charge on any atom is 0.387 e. The van der Waals surface area contributed by atoms with Crippen LogP contribution in [-0.2, 0) is 15.8 Å². The Morgan fingerprint density at radius 2 is 1.84 bits per heavy atom. The summed E-state index contributed by atoms with van der Waals surface area (Å²) in [6, 6.07) is 8.91. The van der Waals surface area contributed by atoms with Gasteiger partial charge in [-0.3, -0.25) is 0 Å². The molecule has 4 rings (SSSR count). The zero-order chi connectivity index (χ0) is 22.0. The largest absolute Gasteiger partial charge is 0.447 e. The van der Waals surface area contributed by atoms with Gasteiger partial charge in [0.1, 0.15) is 11.5 Å². The van der Waals surface area contributed by atoms with Crippen LogP contribution in [0.5, 0.6) is 5.75 Å². The molecule has 0 saturated carbocycles. The monoisotopic (exact) mass is 471 g/mol. The van der Waals surface area contributed by atoms with Gasteiger partial charge in [-0.2, -0.15) is 13.1 Å². The fourth-order valence-corrected chi connectivity index (χ4v) is 5.32. The Bertz CT molecular complexity index is 1140. The van der Waals surface area contributed by atoms with E-state index < -0.39 is 16.6 Å². The number of ether oxygens (including phenoxy) is 1. The van der Waals surface area contributed by atoms with Crippen LogP contribution in [0, 0.1) is 0 Å². The van der Waals surface area contributed by atoms with Crippen LogP contribution >= 0.6 is 11.8 Å². The molecule has 0 atom stereocenters. The molecule has 0 unspecified atom stereocenters. The van der Waals surface area contributed by atoms with Crippen molar-refractivity contribution in [3.8, 4) is 17.1 Å². The first-order chi connectivity index (χ1) is 14.8. The van der Waals surface area contributed by atoms with Gasteiger partial charge in [-0.1, -0.05) is 11.8 Å². The Hall–Kier alpha value is -2.64. The highest BCUT2D eigenvalue weighted by Crippen LogP contribution is 2.28. The van der Waals surface area contributed by atoms with Gasteiger partial charge < -0.3 is 15.0 Å². The lowest BCUT2D eigenvalue weighted by Crippen LogP contribution is -2.27. The number of thioether (sulfide) groups is 1. The topological polar surface area (TPSA) is 116 Å². The van der Waals surface area contributed by atoms with E-state index in [1.165, 1.54) is 38.9 Å². The van der Waals surface area contributed by atoms with E-state index in [-0.39, 0.29) is 10.8 Å². The molecule has 2 N–H and O–H groups in total. The van der Waals surface area contributed by atoms with E-state index in [1.54, 1.807) is 18.2 Å². The molecule has 0 aliphatic carbocycles. The summed E-state index contributed by atoms with van der Waals surface area (Å²) >= 11 is 1.22. The Kier molecular flexibility index (Phi) is 6.16. The highest BCUT2D eigenvalue weighted by Gasteiger charge is 2.30. The molecule has 2 aromatic heterocycles. The molecule has 0 spiro atoms. The number of sulfonamides is 1. The number of rotatable bonds is 8. The van der Waals surface area contributed by atoms with Crippen molar-refractivity contribution < 1.29 is 26.4 Å². The lowest BCUT2D eigenvalue weighted by Gasteiger charge is -2.12. The minimum atomic E-state index is -3.61. The van der Waals surface area contributed by atoms with Gasteiger partial charge in [-0.25, -0.2) is 13.1 Å². The first kappa shape index (κ1) is 21.6. The Morgan fingerprint density at radius 3 is 2.52 bits per heavy atom. The summed E-state index contributed by atoms with van der Waals surface area (Å²) in [6.07, 6.45) is 1.69. The number of hydrogen-bond acceptors (Lipinski definition) is 8. The minimum absolute atomic E-state index is 0.0222. The van der Waals surface area contributed by atoms with Gasteiger partial charge in [0.05, 0.1) is 5.75 Å². The van der Waals surface area contributed by atoms with Crippen LogP contribution in [0.25, 0.3) is 11.4 Å². The van der Waals surface area contributed by atoms with Crippen molar-refractivity contribution in [2.75, 3.05) is 18.9 Å². The number of alkyl halides is 2. The fourth-order valence-electron chi connectivity index (χ4n) is 3.12. The smallest absolute Gasteiger partial charge is 0.387 e. The summed E-state index contributed by atoms with van der Waals surface area (Å²) in [6.45, 7) is -1.90. The van der Waals surface area contributed by atoms with Gasteiger partial charge in [0.2, 0.25) is 10.2 Å². The van der Waals surface area contributed by atoms with Crippen molar-refractivity contribution in [3.63, 3.8) is 0 Å². The molecule has 1 aliphatic rings. The van der Waals surface area contributed by atoms with Gasteiger partial charge in [0.25, 0.3) is 10.0 Å². The predicted octanol–water partition coefficient (Wildman–Crippen LogP) is 2.93. The number of benzene rings is 1. The lowest BCUT2D eigenvalue weighted by atomic mass is 10.2. The normalized spacial score (nSPS) is 15.1. The summed E-state index contributed by atoms with van der Waals surface area (Å²) in [4.78, 5) is 0. The van der Waals surface area contributed by atoms with Gasteiger partial charge in [0, 0.05) is 18.7 Å². The molecule has 31 heavy (non-hydrogen) atoms. The van der Waals surface area contributed by atoms with Crippen LogP contribution in [-0.4, -0.2) is 47.3 Å². The van der Waals surface area contributed by atoms with Crippen molar-refractivity contribution in [1.82, 2.24) is 19.2 Å². The van der Waals surface area contributed by atoms with E-state index >= 15 is 0 Å². The average Bonchev–Trinajstić information content (AvgIpc) is 3.49. The van der Waals surface area contributed by atoms with E-state index in [9.17, 15) is 17.2 Å². The highest BCUT2D eigenvalue weighted by atomic mass is 32.2. The van der Waals surface area contributed by atoms with Crippen molar-refractivity contribution in [2.24, 2.45) is 0 Å². The SMILES string of the molecule is Nn1c(SCc2ccc(S(=O)(=O)N3CCCC3)o2)nnc1-c1ccc(OC(F)F)cc1. The number of halogens is 2. The number of hydrogen-bond donors (Lipinski definition) is 1. The van der Waals surface area contributed by atoms with Gasteiger partial charge in [0.15, 0.2) is 5.82 Å². The van der Waals surface area contributed by atoms with Crippen LogP contribution < -0.4 is 10.6 Å². The third-order valence-electron chi connectivity index (χ3n) is 4.64. The first-order valence-corrected chi connectivity index (χ1v) is 11.7. The number of nitrogen functional groups attached to an aromatic ring is 1. The molecule has 9 nitrogen and oxygen atoms in total. The number of furan rings is 1. The van der Waals surface area contributed by atoms with Crippen LogP contribution in [0.4, 0.5) is 8.78 Å². The van der Waals surface area contributed by atoms with E-state index in [4.69, 9.17) is 10.3 Å². The molecule has 1 aliphatic heterocycles.